The Morgan fingerprint density at radius 1 is 1.25 bits per heavy atom. The lowest BCUT2D eigenvalue weighted by atomic mass is 9.93. The van der Waals surface area contributed by atoms with Crippen LogP contribution in [-0.2, 0) is 4.74 Å². The zero-order chi connectivity index (χ0) is 14.3. The second kappa shape index (κ2) is 4.71. The van der Waals surface area contributed by atoms with Gasteiger partial charge in [0, 0.05) is 19.0 Å². The Morgan fingerprint density at radius 2 is 2.00 bits per heavy atom. The van der Waals surface area contributed by atoms with Gasteiger partial charge in [0.25, 0.3) is 0 Å². The molecule has 0 radical (unpaired) electrons. The molecule has 1 aliphatic heterocycles. The van der Waals surface area contributed by atoms with Crippen LogP contribution >= 0.6 is 0 Å². The lowest BCUT2D eigenvalue weighted by Crippen LogP contribution is -2.40. The highest BCUT2D eigenvalue weighted by Gasteiger charge is 2.34. The largest absolute Gasteiger partial charge is 0.508 e. The quantitative estimate of drug-likeness (QED) is 0.864. The van der Waals surface area contributed by atoms with E-state index in [0.29, 0.717) is 6.42 Å². The number of carbonyl (C=O) groups excluding carboxylic acids is 1. The number of carbonyl (C=O) groups is 1. The maximum atomic E-state index is 11.9. The summed E-state index contributed by atoms with van der Waals surface area (Å²) < 4.78 is 5.21. The first kappa shape index (κ1) is 12.8. The van der Waals surface area contributed by atoms with Crippen LogP contribution in [-0.4, -0.2) is 29.3 Å². The fraction of sp³-hybridized carbons (Fsp3) is 0.312. The number of hydrogen-bond acceptors (Lipinski definition) is 3. The first-order valence-corrected chi connectivity index (χ1v) is 6.72. The molecule has 1 N–H and O–H groups in total. The van der Waals surface area contributed by atoms with Crippen molar-refractivity contribution < 1.29 is 14.6 Å². The van der Waals surface area contributed by atoms with E-state index in [1.165, 1.54) is 0 Å². The van der Waals surface area contributed by atoms with E-state index in [2.05, 4.69) is 0 Å². The number of hydrogen-bond donors (Lipinski definition) is 1. The van der Waals surface area contributed by atoms with E-state index in [0.717, 1.165) is 16.3 Å². The number of aromatic hydroxyl groups is 1. The van der Waals surface area contributed by atoms with E-state index >= 15 is 0 Å². The third-order valence-corrected chi connectivity index (χ3v) is 3.89. The second-order valence-corrected chi connectivity index (χ2v) is 5.28. The van der Waals surface area contributed by atoms with Crippen molar-refractivity contribution >= 4 is 16.9 Å². The third kappa shape index (κ3) is 1.97. The smallest absolute Gasteiger partial charge is 0.410 e. The van der Waals surface area contributed by atoms with Crippen LogP contribution in [0.3, 0.4) is 0 Å². The van der Waals surface area contributed by atoms with Crippen LogP contribution in [0, 0.1) is 0 Å². The summed E-state index contributed by atoms with van der Waals surface area (Å²) in [6.07, 6.45) is 0.173. The maximum absolute atomic E-state index is 11.9. The van der Waals surface area contributed by atoms with Gasteiger partial charge in [0.1, 0.15) is 11.9 Å². The molecular formula is C16H17NO3. The predicted octanol–water partition coefficient (Wildman–Crippen LogP) is 3.45. The summed E-state index contributed by atoms with van der Waals surface area (Å²) in [5, 5.41) is 12.3. The van der Waals surface area contributed by atoms with Gasteiger partial charge < -0.3 is 14.7 Å². The highest BCUT2D eigenvalue weighted by Crippen LogP contribution is 2.39. The second-order valence-electron chi connectivity index (χ2n) is 5.28. The molecular weight excluding hydrogens is 254 g/mol. The molecule has 1 saturated heterocycles. The van der Waals surface area contributed by atoms with Gasteiger partial charge in [-0.1, -0.05) is 30.3 Å². The summed E-state index contributed by atoms with van der Waals surface area (Å²) in [6, 6.07) is 11.3. The molecule has 0 aliphatic carbocycles. The van der Waals surface area contributed by atoms with Gasteiger partial charge in [0.15, 0.2) is 0 Å². The first-order chi connectivity index (χ1) is 9.58. The van der Waals surface area contributed by atoms with Gasteiger partial charge in [-0.15, -0.1) is 0 Å². The zero-order valence-corrected chi connectivity index (χ0v) is 11.5. The number of nitrogens with zero attached hydrogens (tertiary/aromatic N) is 1. The molecule has 0 spiro atoms. The molecule has 4 heteroatoms. The van der Waals surface area contributed by atoms with Gasteiger partial charge in [-0.25, -0.2) is 4.79 Å². The van der Waals surface area contributed by atoms with Crippen molar-refractivity contribution in [2.75, 3.05) is 7.05 Å². The Hall–Kier alpha value is -2.23. The molecule has 0 bridgehead atoms. The molecule has 2 unspecified atom stereocenters. The highest BCUT2D eigenvalue weighted by molar-refractivity contribution is 5.88. The van der Waals surface area contributed by atoms with E-state index in [1.807, 2.05) is 37.3 Å². The van der Waals surface area contributed by atoms with Crippen LogP contribution in [0.15, 0.2) is 36.4 Å². The Labute approximate surface area is 117 Å². The van der Waals surface area contributed by atoms with Gasteiger partial charge in [-0.2, -0.15) is 0 Å². The van der Waals surface area contributed by atoms with E-state index in [1.54, 1.807) is 18.0 Å². The van der Waals surface area contributed by atoms with Crippen molar-refractivity contribution in [3.63, 3.8) is 0 Å². The number of fused-ring (bicyclic) bond motifs is 1. The average Bonchev–Trinajstić information content (AvgIpc) is 2.43. The lowest BCUT2D eigenvalue weighted by molar-refractivity contribution is 0.0153. The van der Waals surface area contributed by atoms with Crippen LogP contribution in [0.5, 0.6) is 5.75 Å². The number of amides is 1. The fourth-order valence-corrected chi connectivity index (χ4v) is 2.85. The summed E-state index contributed by atoms with van der Waals surface area (Å²) in [7, 11) is 1.71. The maximum Gasteiger partial charge on any atom is 0.410 e. The molecule has 20 heavy (non-hydrogen) atoms. The monoisotopic (exact) mass is 271 g/mol. The highest BCUT2D eigenvalue weighted by atomic mass is 16.6. The number of ether oxygens (including phenoxy) is 1. The standard InChI is InChI=1S/C16H17NO3/c1-10-9-13(17(2)16(19)20-10)15-12-6-4-3-5-11(12)7-8-14(15)18/h3-8,10,13,18H,9H2,1-2H3. The summed E-state index contributed by atoms with van der Waals surface area (Å²) in [4.78, 5) is 13.4. The minimum Gasteiger partial charge on any atom is -0.508 e. The van der Waals surface area contributed by atoms with Crippen molar-refractivity contribution in [1.29, 1.82) is 0 Å². The molecule has 2 aromatic carbocycles. The summed E-state index contributed by atoms with van der Waals surface area (Å²) >= 11 is 0. The summed E-state index contributed by atoms with van der Waals surface area (Å²) in [6.45, 7) is 1.88. The Morgan fingerprint density at radius 3 is 2.80 bits per heavy atom. The SMILES string of the molecule is CC1CC(c2c(O)ccc3ccccc23)N(C)C(=O)O1. The van der Waals surface area contributed by atoms with Gasteiger partial charge in [-0.05, 0) is 23.8 Å². The molecule has 0 saturated carbocycles. The third-order valence-electron chi connectivity index (χ3n) is 3.89. The Balaban J connectivity index is 2.17. The number of phenolic OH excluding ortho intramolecular Hbond substituents is 1. The predicted molar refractivity (Wildman–Crippen MR) is 76.7 cm³/mol. The molecule has 0 aromatic heterocycles. The molecule has 1 heterocycles. The molecule has 104 valence electrons. The number of benzene rings is 2. The normalized spacial score (nSPS) is 22.9. The van der Waals surface area contributed by atoms with Crippen LogP contribution in [0.25, 0.3) is 10.8 Å². The van der Waals surface area contributed by atoms with Crippen molar-refractivity contribution in [2.45, 2.75) is 25.5 Å². The summed E-state index contributed by atoms with van der Waals surface area (Å²) in [5.41, 5.74) is 0.800. The minimum atomic E-state index is -0.346. The lowest BCUT2D eigenvalue weighted by Gasteiger charge is -2.36. The van der Waals surface area contributed by atoms with E-state index in [-0.39, 0.29) is 24.0 Å². The average molecular weight is 271 g/mol. The molecule has 2 aromatic rings. The van der Waals surface area contributed by atoms with Crippen LogP contribution in [0.2, 0.25) is 0 Å². The van der Waals surface area contributed by atoms with E-state index < -0.39 is 0 Å². The van der Waals surface area contributed by atoms with Crippen molar-refractivity contribution in [2.24, 2.45) is 0 Å². The zero-order valence-electron chi connectivity index (χ0n) is 11.5. The molecule has 1 amide bonds. The minimum absolute atomic E-state index is 0.151. The van der Waals surface area contributed by atoms with Crippen molar-refractivity contribution in [3.8, 4) is 5.75 Å². The first-order valence-electron chi connectivity index (χ1n) is 6.72. The molecule has 1 aliphatic rings. The van der Waals surface area contributed by atoms with Crippen molar-refractivity contribution in [3.05, 3.63) is 42.0 Å². The molecule has 1 fully saturated rings. The van der Waals surface area contributed by atoms with E-state index in [9.17, 15) is 9.90 Å². The number of rotatable bonds is 1. The molecule has 2 atom stereocenters. The van der Waals surface area contributed by atoms with E-state index in [4.69, 9.17) is 4.74 Å². The summed E-state index contributed by atoms with van der Waals surface area (Å²) in [5.74, 6) is 0.224. The number of cyclic esters (lactones) is 1. The van der Waals surface area contributed by atoms with Crippen LogP contribution in [0.1, 0.15) is 24.9 Å². The van der Waals surface area contributed by atoms with Gasteiger partial charge >= 0.3 is 6.09 Å². The van der Waals surface area contributed by atoms with Gasteiger partial charge in [-0.3, -0.25) is 0 Å². The molecule has 4 nitrogen and oxygen atoms in total. The fourth-order valence-electron chi connectivity index (χ4n) is 2.85. The van der Waals surface area contributed by atoms with Crippen LogP contribution in [0.4, 0.5) is 4.79 Å². The molecule has 3 rings (SSSR count). The Kier molecular flexibility index (Phi) is 3.01. The van der Waals surface area contributed by atoms with Gasteiger partial charge in [0.05, 0.1) is 6.04 Å². The Bertz CT molecular complexity index is 668. The number of phenols is 1. The topological polar surface area (TPSA) is 49.8 Å². The van der Waals surface area contributed by atoms with Crippen molar-refractivity contribution in [1.82, 2.24) is 4.90 Å². The van der Waals surface area contributed by atoms with Gasteiger partial charge in [0.2, 0.25) is 0 Å². The van der Waals surface area contributed by atoms with Crippen LogP contribution < -0.4 is 0 Å².